The molecule has 0 aromatic rings. The van der Waals surface area contributed by atoms with Gasteiger partial charge in [0.15, 0.2) is 0 Å². The van der Waals surface area contributed by atoms with Gasteiger partial charge in [-0.2, -0.15) is 0 Å². The maximum absolute atomic E-state index is 9.95. The van der Waals surface area contributed by atoms with Gasteiger partial charge in [-0.3, -0.25) is 0 Å². The van der Waals surface area contributed by atoms with Crippen molar-refractivity contribution in [2.24, 2.45) is 17.8 Å². The van der Waals surface area contributed by atoms with Crippen LogP contribution in [0.15, 0.2) is 0 Å². The van der Waals surface area contributed by atoms with Gasteiger partial charge in [0.05, 0.1) is 18.3 Å². The zero-order valence-corrected chi connectivity index (χ0v) is 13.0. The first-order valence-electron chi connectivity index (χ1n) is 7.51. The second-order valence-electron chi connectivity index (χ2n) is 7.33. The van der Waals surface area contributed by atoms with Crippen LogP contribution in [-0.4, -0.2) is 49.0 Å². The van der Waals surface area contributed by atoms with Crippen LogP contribution in [0.2, 0.25) is 0 Å². The van der Waals surface area contributed by atoms with E-state index >= 15 is 0 Å². The van der Waals surface area contributed by atoms with Gasteiger partial charge < -0.3 is 14.7 Å². The van der Waals surface area contributed by atoms with Gasteiger partial charge >= 0.3 is 0 Å². The summed E-state index contributed by atoms with van der Waals surface area (Å²) >= 11 is 0. The normalized spacial score (nSPS) is 41.4. The molecule has 4 saturated carbocycles. The topological polar surface area (TPSA) is 32.7 Å². The molecule has 0 radical (unpaired) electrons. The van der Waals surface area contributed by atoms with Crippen LogP contribution in [0.3, 0.4) is 0 Å². The van der Waals surface area contributed by atoms with E-state index in [0.29, 0.717) is 13.2 Å². The summed E-state index contributed by atoms with van der Waals surface area (Å²) < 4.78 is 6.23. The molecular formula is C15H28ClNO2. The van der Waals surface area contributed by atoms with Gasteiger partial charge in [0.2, 0.25) is 0 Å². The van der Waals surface area contributed by atoms with Crippen molar-refractivity contribution < 1.29 is 9.84 Å². The summed E-state index contributed by atoms with van der Waals surface area (Å²) in [7, 11) is 3.99. The van der Waals surface area contributed by atoms with E-state index in [1.54, 1.807) is 0 Å². The van der Waals surface area contributed by atoms with Crippen molar-refractivity contribution >= 4 is 12.4 Å². The van der Waals surface area contributed by atoms with E-state index in [0.717, 1.165) is 17.8 Å². The number of nitrogens with zero attached hydrogens (tertiary/aromatic N) is 1. The quantitative estimate of drug-likeness (QED) is 0.843. The van der Waals surface area contributed by atoms with Crippen molar-refractivity contribution in [3.8, 4) is 0 Å². The first-order chi connectivity index (χ1) is 8.55. The van der Waals surface area contributed by atoms with Crippen molar-refractivity contribution in [2.45, 2.75) is 50.2 Å². The highest BCUT2D eigenvalue weighted by molar-refractivity contribution is 5.85. The lowest BCUT2D eigenvalue weighted by atomic mass is 9.54. The highest BCUT2D eigenvalue weighted by Crippen LogP contribution is 2.57. The van der Waals surface area contributed by atoms with Gasteiger partial charge in [0.25, 0.3) is 0 Å². The second-order valence-corrected chi connectivity index (χ2v) is 7.33. The minimum absolute atomic E-state index is 0. The lowest BCUT2D eigenvalue weighted by molar-refractivity contribution is -0.175. The number of hydrogen-bond donors (Lipinski definition) is 1. The summed E-state index contributed by atoms with van der Waals surface area (Å²) in [6.07, 6.45) is 7.77. The fourth-order valence-electron chi connectivity index (χ4n) is 4.96. The molecule has 4 aliphatic carbocycles. The first kappa shape index (κ1) is 15.6. The molecule has 1 unspecified atom stereocenters. The molecule has 19 heavy (non-hydrogen) atoms. The lowest BCUT2D eigenvalue weighted by Crippen LogP contribution is -2.53. The number of halogens is 1. The van der Waals surface area contributed by atoms with Crippen LogP contribution >= 0.6 is 12.4 Å². The number of aliphatic hydroxyl groups is 1. The SMILES string of the molecule is CN(C)CC(O)COC12CC3CC(CC(C3)C1)C2.Cl. The molecule has 4 aliphatic rings. The van der Waals surface area contributed by atoms with E-state index in [-0.39, 0.29) is 24.1 Å². The van der Waals surface area contributed by atoms with Gasteiger partial charge in [0, 0.05) is 6.54 Å². The van der Waals surface area contributed by atoms with Crippen molar-refractivity contribution in [1.82, 2.24) is 4.90 Å². The lowest BCUT2D eigenvalue weighted by Gasteiger charge is -2.56. The zero-order valence-electron chi connectivity index (χ0n) is 12.2. The molecular weight excluding hydrogens is 262 g/mol. The maximum atomic E-state index is 9.95. The summed E-state index contributed by atoms with van der Waals surface area (Å²) in [6, 6.07) is 0. The molecule has 4 heteroatoms. The standard InChI is InChI=1S/C15H27NO2.ClH/c1-16(2)9-14(17)10-18-15-6-11-3-12(7-15)5-13(4-11)8-15;/h11-14,17H,3-10H2,1-2H3;1H. The Morgan fingerprint density at radius 2 is 1.58 bits per heavy atom. The smallest absolute Gasteiger partial charge is 0.0900 e. The number of likely N-dealkylation sites (N-methyl/N-ethyl adjacent to an activating group) is 1. The average Bonchev–Trinajstić information content (AvgIpc) is 2.23. The van der Waals surface area contributed by atoms with E-state index in [4.69, 9.17) is 4.74 Å². The van der Waals surface area contributed by atoms with Crippen LogP contribution in [0.4, 0.5) is 0 Å². The van der Waals surface area contributed by atoms with Gasteiger partial charge in [-0.05, 0) is 70.4 Å². The number of ether oxygens (including phenoxy) is 1. The number of rotatable bonds is 5. The van der Waals surface area contributed by atoms with E-state index in [2.05, 4.69) is 0 Å². The van der Waals surface area contributed by atoms with Crippen LogP contribution in [0.1, 0.15) is 38.5 Å². The second kappa shape index (κ2) is 5.88. The molecule has 0 spiro atoms. The van der Waals surface area contributed by atoms with E-state index < -0.39 is 0 Å². The van der Waals surface area contributed by atoms with Gasteiger partial charge in [-0.15, -0.1) is 12.4 Å². The van der Waals surface area contributed by atoms with Crippen molar-refractivity contribution in [2.75, 3.05) is 27.2 Å². The molecule has 4 fully saturated rings. The fraction of sp³-hybridized carbons (Fsp3) is 1.00. The summed E-state index contributed by atoms with van der Waals surface area (Å²) in [5.74, 6) is 2.76. The van der Waals surface area contributed by atoms with Gasteiger partial charge in [0.1, 0.15) is 0 Å². The third kappa shape index (κ3) is 3.44. The van der Waals surface area contributed by atoms with Crippen molar-refractivity contribution in [3.63, 3.8) is 0 Å². The van der Waals surface area contributed by atoms with E-state index in [9.17, 15) is 5.11 Å². The van der Waals surface area contributed by atoms with E-state index in [1.165, 1.54) is 38.5 Å². The molecule has 1 atom stereocenters. The molecule has 3 nitrogen and oxygen atoms in total. The van der Waals surface area contributed by atoms with Crippen LogP contribution in [0.5, 0.6) is 0 Å². The largest absolute Gasteiger partial charge is 0.389 e. The third-order valence-corrected chi connectivity index (χ3v) is 5.14. The van der Waals surface area contributed by atoms with E-state index in [1.807, 2.05) is 19.0 Å². The summed E-state index contributed by atoms with van der Waals surface area (Å²) in [6.45, 7) is 1.22. The van der Waals surface area contributed by atoms with Gasteiger partial charge in [-0.25, -0.2) is 0 Å². The Bertz CT molecular complexity index is 273. The molecule has 0 aromatic carbocycles. The minimum atomic E-state index is -0.340. The van der Waals surface area contributed by atoms with Crippen molar-refractivity contribution in [3.05, 3.63) is 0 Å². The number of hydrogen-bond acceptors (Lipinski definition) is 3. The Kier molecular flexibility index (Phi) is 4.82. The molecule has 4 rings (SSSR count). The third-order valence-electron chi connectivity index (χ3n) is 5.14. The van der Waals surface area contributed by atoms with Crippen molar-refractivity contribution in [1.29, 1.82) is 0 Å². The average molecular weight is 290 g/mol. The molecule has 112 valence electrons. The predicted octanol–water partition coefficient (Wildman–Crippen LogP) is 2.32. The highest BCUT2D eigenvalue weighted by Gasteiger charge is 2.51. The van der Waals surface area contributed by atoms with Crippen LogP contribution < -0.4 is 0 Å². The Labute approximate surface area is 123 Å². The van der Waals surface area contributed by atoms with Gasteiger partial charge in [-0.1, -0.05) is 0 Å². The maximum Gasteiger partial charge on any atom is 0.0900 e. The number of aliphatic hydroxyl groups excluding tert-OH is 1. The molecule has 0 saturated heterocycles. The molecule has 4 bridgehead atoms. The Hall–Kier alpha value is 0.170. The van der Waals surface area contributed by atoms with Crippen LogP contribution in [-0.2, 0) is 4.74 Å². The highest BCUT2D eigenvalue weighted by atomic mass is 35.5. The Morgan fingerprint density at radius 1 is 1.11 bits per heavy atom. The Morgan fingerprint density at radius 3 is 2.00 bits per heavy atom. The summed E-state index contributed by atoms with van der Waals surface area (Å²) in [5, 5.41) is 9.95. The molecule has 0 aliphatic heterocycles. The fourth-order valence-corrected chi connectivity index (χ4v) is 4.96. The molecule has 0 amide bonds. The zero-order chi connectivity index (χ0) is 12.8. The summed E-state index contributed by atoms with van der Waals surface area (Å²) in [4.78, 5) is 2.02. The summed E-state index contributed by atoms with van der Waals surface area (Å²) in [5.41, 5.74) is 0.141. The van der Waals surface area contributed by atoms with Crippen LogP contribution in [0.25, 0.3) is 0 Å². The Balaban J connectivity index is 0.00000133. The monoisotopic (exact) mass is 289 g/mol. The predicted molar refractivity (Wildman–Crippen MR) is 78.7 cm³/mol. The van der Waals surface area contributed by atoms with Crippen LogP contribution in [0, 0.1) is 17.8 Å². The first-order valence-corrected chi connectivity index (χ1v) is 7.51. The molecule has 1 N–H and O–H groups in total. The molecule has 0 heterocycles. The molecule has 0 aromatic heterocycles. The minimum Gasteiger partial charge on any atom is -0.389 e.